The van der Waals surface area contributed by atoms with E-state index in [0.29, 0.717) is 29.7 Å². The number of nitrogens with zero attached hydrogens (tertiary/aromatic N) is 3. The second kappa shape index (κ2) is 6.80. The molecular weight excluding hydrogens is 365 g/mol. The van der Waals surface area contributed by atoms with Crippen LogP contribution in [0.2, 0.25) is 0 Å². The normalized spacial score (nSPS) is 15.9. The molecule has 5 nitrogen and oxygen atoms in total. The second-order valence-electron chi connectivity index (χ2n) is 5.63. The molecule has 1 amide bonds. The molecule has 0 saturated carbocycles. The monoisotopic (exact) mass is 381 g/mol. The average Bonchev–Trinajstić information content (AvgIpc) is 2.95. The number of hydrogen-bond acceptors (Lipinski definition) is 4. The summed E-state index contributed by atoms with van der Waals surface area (Å²) in [5, 5.41) is 3.88. The highest BCUT2D eigenvalue weighted by Gasteiger charge is 2.24. The minimum Gasteiger partial charge on any atom is -0.360 e. The van der Waals surface area contributed by atoms with Crippen LogP contribution in [0, 0.1) is 12.7 Å². The lowest BCUT2D eigenvalue weighted by Crippen LogP contribution is -2.48. The van der Waals surface area contributed by atoms with Gasteiger partial charge >= 0.3 is 0 Å². The number of aromatic nitrogens is 1. The van der Waals surface area contributed by atoms with Gasteiger partial charge in [-0.1, -0.05) is 5.16 Å². The van der Waals surface area contributed by atoms with Crippen LogP contribution in [0.1, 0.15) is 21.8 Å². The zero-order chi connectivity index (χ0) is 16.4. The standard InChI is InChI=1S/C16H17BrFN3O2/c1-11-8-13(23-19-11)10-20-4-6-21(7-5-20)16(22)14-9-12(18)2-3-15(14)17/h2-3,8-9H,4-7,10H2,1H3. The molecule has 0 atom stereocenters. The summed E-state index contributed by atoms with van der Waals surface area (Å²) in [6.07, 6.45) is 0. The van der Waals surface area contributed by atoms with E-state index in [1.54, 1.807) is 11.0 Å². The highest BCUT2D eigenvalue weighted by atomic mass is 79.9. The number of halogens is 2. The lowest BCUT2D eigenvalue weighted by molar-refractivity contribution is 0.0616. The van der Waals surface area contributed by atoms with Crippen LogP contribution in [-0.2, 0) is 6.54 Å². The maximum absolute atomic E-state index is 13.4. The molecule has 1 aliphatic rings. The first kappa shape index (κ1) is 16.1. The van der Waals surface area contributed by atoms with E-state index in [-0.39, 0.29) is 5.91 Å². The van der Waals surface area contributed by atoms with Crippen molar-refractivity contribution in [2.75, 3.05) is 26.2 Å². The van der Waals surface area contributed by atoms with Crippen molar-refractivity contribution in [3.8, 4) is 0 Å². The van der Waals surface area contributed by atoms with Crippen LogP contribution in [0.5, 0.6) is 0 Å². The molecule has 1 aromatic carbocycles. The molecule has 0 aliphatic carbocycles. The first-order valence-electron chi connectivity index (χ1n) is 7.42. The molecule has 0 spiro atoms. The third-order valence-electron chi connectivity index (χ3n) is 3.87. The lowest BCUT2D eigenvalue weighted by Gasteiger charge is -2.34. The van der Waals surface area contributed by atoms with Crippen molar-refractivity contribution >= 4 is 21.8 Å². The van der Waals surface area contributed by atoms with E-state index < -0.39 is 5.82 Å². The molecule has 0 bridgehead atoms. The van der Waals surface area contributed by atoms with Crippen molar-refractivity contribution in [2.45, 2.75) is 13.5 Å². The highest BCUT2D eigenvalue weighted by molar-refractivity contribution is 9.10. The fraction of sp³-hybridized carbons (Fsp3) is 0.375. The van der Waals surface area contributed by atoms with Gasteiger partial charge in [0.1, 0.15) is 5.82 Å². The van der Waals surface area contributed by atoms with E-state index in [4.69, 9.17) is 4.52 Å². The summed E-state index contributed by atoms with van der Waals surface area (Å²) in [5.74, 6) is 0.276. The SMILES string of the molecule is Cc1cc(CN2CCN(C(=O)c3cc(F)ccc3Br)CC2)on1. The van der Waals surface area contributed by atoms with Crippen molar-refractivity contribution in [1.29, 1.82) is 0 Å². The van der Waals surface area contributed by atoms with Gasteiger partial charge in [-0.25, -0.2) is 4.39 Å². The summed E-state index contributed by atoms with van der Waals surface area (Å²) < 4.78 is 19.2. The summed E-state index contributed by atoms with van der Waals surface area (Å²) in [6, 6.07) is 6.08. The zero-order valence-electron chi connectivity index (χ0n) is 12.8. The van der Waals surface area contributed by atoms with Crippen LogP contribution in [-0.4, -0.2) is 47.0 Å². The Morgan fingerprint density at radius 1 is 1.30 bits per heavy atom. The number of carbonyl (C=O) groups excluding carboxylic acids is 1. The maximum Gasteiger partial charge on any atom is 0.255 e. The van der Waals surface area contributed by atoms with Gasteiger partial charge in [0.15, 0.2) is 5.76 Å². The van der Waals surface area contributed by atoms with Crippen molar-refractivity contribution in [1.82, 2.24) is 15.0 Å². The molecule has 0 unspecified atom stereocenters. The molecular formula is C16H17BrFN3O2. The zero-order valence-corrected chi connectivity index (χ0v) is 14.3. The van der Waals surface area contributed by atoms with Crippen molar-refractivity contribution in [2.24, 2.45) is 0 Å². The molecule has 1 saturated heterocycles. The predicted octanol–water partition coefficient (Wildman–Crippen LogP) is 2.84. The Balaban J connectivity index is 1.60. The predicted molar refractivity (Wildman–Crippen MR) is 86.5 cm³/mol. The molecule has 7 heteroatoms. The highest BCUT2D eigenvalue weighted by Crippen LogP contribution is 2.20. The lowest BCUT2D eigenvalue weighted by atomic mass is 10.1. The number of rotatable bonds is 3. The third kappa shape index (κ3) is 3.79. The van der Waals surface area contributed by atoms with E-state index in [9.17, 15) is 9.18 Å². The Kier molecular flexibility index (Phi) is 4.77. The van der Waals surface area contributed by atoms with E-state index in [2.05, 4.69) is 26.0 Å². The Hall–Kier alpha value is -1.73. The molecule has 2 aromatic rings. The molecule has 3 rings (SSSR count). The van der Waals surface area contributed by atoms with Crippen molar-refractivity contribution in [3.05, 3.63) is 51.6 Å². The quantitative estimate of drug-likeness (QED) is 0.819. The van der Waals surface area contributed by atoms with Crippen LogP contribution < -0.4 is 0 Å². The average molecular weight is 382 g/mol. The van der Waals surface area contributed by atoms with E-state index in [0.717, 1.165) is 24.5 Å². The van der Waals surface area contributed by atoms with Gasteiger partial charge in [-0.15, -0.1) is 0 Å². The largest absolute Gasteiger partial charge is 0.360 e. The van der Waals surface area contributed by atoms with Gasteiger partial charge in [-0.2, -0.15) is 0 Å². The fourth-order valence-electron chi connectivity index (χ4n) is 2.65. The van der Waals surface area contributed by atoms with Crippen LogP contribution in [0.3, 0.4) is 0 Å². The third-order valence-corrected chi connectivity index (χ3v) is 4.57. The fourth-order valence-corrected chi connectivity index (χ4v) is 3.07. The summed E-state index contributed by atoms with van der Waals surface area (Å²) >= 11 is 3.31. The Morgan fingerprint density at radius 2 is 2.04 bits per heavy atom. The molecule has 0 N–H and O–H groups in total. The molecule has 23 heavy (non-hydrogen) atoms. The number of amides is 1. The topological polar surface area (TPSA) is 49.6 Å². The second-order valence-corrected chi connectivity index (χ2v) is 6.48. The smallest absolute Gasteiger partial charge is 0.255 e. The Bertz CT molecular complexity index is 711. The van der Waals surface area contributed by atoms with E-state index in [1.807, 2.05) is 13.0 Å². The number of benzene rings is 1. The Labute approximate surface area is 142 Å². The molecule has 1 fully saturated rings. The van der Waals surface area contributed by atoms with Gasteiger partial charge in [0.2, 0.25) is 0 Å². The first-order valence-corrected chi connectivity index (χ1v) is 8.21. The summed E-state index contributed by atoms with van der Waals surface area (Å²) in [4.78, 5) is 16.5. The molecule has 122 valence electrons. The number of piperazine rings is 1. The van der Waals surface area contributed by atoms with Crippen LogP contribution in [0.25, 0.3) is 0 Å². The van der Waals surface area contributed by atoms with Gasteiger partial charge in [-0.05, 0) is 41.1 Å². The van der Waals surface area contributed by atoms with Gasteiger partial charge in [0.25, 0.3) is 5.91 Å². The first-order chi connectivity index (χ1) is 11.0. The number of aryl methyl sites for hydroxylation is 1. The minimum atomic E-state index is -0.407. The van der Waals surface area contributed by atoms with Gasteiger partial charge in [-0.3, -0.25) is 9.69 Å². The Morgan fingerprint density at radius 3 is 2.70 bits per heavy atom. The summed E-state index contributed by atoms with van der Waals surface area (Å²) in [5.41, 5.74) is 1.23. The van der Waals surface area contributed by atoms with Crippen LogP contribution in [0.4, 0.5) is 4.39 Å². The van der Waals surface area contributed by atoms with Gasteiger partial charge < -0.3 is 9.42 Å². The van der Waals surface area contributed by atoms with Crippen molar-refractivity contribution < 1.29 is 13.7 Å². The molecule has 1 aliphatic heterocycles. The van der Waals surface area contributed by atoms with Crippen LogP contribution in [0.15, 0.2) is 33.3 Å². The van der Waals surface area contributed by atoms with Gasteiger partial charge in [0.05, 0.1) is 17.8 Å². The maximum atomic E-state index is 13.4. The molecule has 0 radical (unpaired) electrons. The minimum absolute atomic E-state index is 0.147. The van der Waals surface area contributed by atoms with E-state index in [1.165, 1.54) is 12.1 Å². The number of carbonyl (C=O) groups is 1. The van der Waals surface area contributed by atoms with E-state index >= 15 is 0 Å². The van der Waals surface area contributed by atoms with Crippen molar-refractivity contribution in [3.63, 3.8) is 0 Å². The summed E-state index contributed by atoms with van der Waals surface area (Å²) in [6.45, 7) is 5.29. The van der Waals surface area contributed by atoms with Crippen LogP contribution >= 0.6 is 15.9 Å². The molecule has 1 aromatic heterocycles. The van der Waals surface area contributed by atoms with Gasteiger partial charge in [0, 0.05) is 36.7 Å². The summed E-state index contributed by atoms with van der Waals surface area (Å²) in [7, 11) is 0. The number of hydrogen-bond donors (Lipinski definition) is 0. The molecule has 2 heterocycles.